The first-order valence-corrected chi connectivity index (χ1v) is 6.23. The molecule has 1 N–H and O–H groups in total. The summed E-state index contributed by atoms with van der Waals surface area (Å²) in [6, 6.07) is 15.0. The molecular formula is C16H16N2O2. The minimum Gasteiger partial charge on any atom is -0.465 e. The summed E-state index contributed by atoms with van der Waals surface area (Å²) in [5.74, 6) is -0.341. The maximum atomic E-state index is 11.3. The highest BCUT2D eigenvalue weighted by Crippen LogP contribution is 2.08. The van der Waals surface area contributed by atoms with Crippen LogP contribution in [0.25, 0.3) is 0 Å². The van der Waals surface area contributed by atoms with Crippen LogP contribution in [0.3, 0.4) is 0 Å². The molecule has 2 rings (SSSR count). The normalized spacial score (nSPS) is 10.5. The highest BCUT2D eigenvalue weighted by atomic mass is 16.5. The molecule has 2 aromatic rings. The highest BCUT2D eigenvalue weighted by Gasteiger charge is 2.03. The number of hydrazone groups is 1. The van der Waals surface area contributed by atoms with Gasteiger partial charge in [0.1, 0.15) is 0 Å². The van der Waals surface area contributed by atoms with Crippen LogP contribution in [0.2, 0.25) is 0 Å². The molecule has 0 fully saturated rings. The number of nitrogens with one attached hydrogen (secondary N) is 1. The minimum absolute atomic E-state index is 0.341. The number of anilines is 1. The fourth-order valence-electron chi connectivity index (χ4n) is 1.63. The van der Waals surface area contributed by atoms with E-state index in [0.29, 0.717) is 5.56 Å². The molecule has 0 atom stereocenters. The second-order valence-electron chi connectivity index (χ2n) is 4.35. The fraction of sp³-hybridized carbons (Fsp3) is 0.125. The molecular weight excluding hydrogens is 252 g/mol. The van der Waals surface area contributed by atoms with Gasteiger partial charge in [-0.05, 0) is 36.8 Å². The third-order valence-electron chi connectivity index (χ3n) is 2.79. The number of methoxy groups -OCH3 is 1. The van der Waals surface area contributed by atoms with Crippen molar-refractivity contribution in [3.8, 4) is 0 Å². The molecule has 4 nitrogen and oxygen atoms in total. The molecule has 20 heavy (non-hydrogen) atoms. The maximum absolute atomic E-state index is 11.3. The first-order chi connectivity index (χ1) is 9.69. The van der Waals surface area contributed by atoms with Gasteiger partial charge in [0.25, 0.3) is 0 Å². The van der Waals surface area contributed by atoms with Gasteiger partial charge < -0.3 is 4.74 Å². The number of rotatable bonds is 4. The van der Waals surface area contributed by atoms with Crippen LogP contribution >= 0.6 is 0 Å². The summed E-state index contributed by atoms with van der Waals surface area (Å²) in [7, 11) is 1.36. The molecule has 0 saturated heterocycles. The van der Waals surface area contributed by atoms with Crippen molar-refractivity contribution in [2.45, 2.75) is 6.92 Å². The largest absolute Gasteiger partial charge is 0.465 e. The zero-order valence-electron chi connectivity index (χ0n) is 11.5. The number of ether oxygens (including phenoxy) is 1. The average molecular weight is 268 g/mol. The molecule has 0 aromatic heterocycles. The molecule has 4 heteroatoms. The Labute approximate surface area is 118 Å². The molecule has 0 unspecified atom stereocenters. The van der Waals surface area contributed by atoms with E-state index in [2.05, 4.69) is 15.3 Å². The number of hydrogen-bond donors (Lipinski definition) is 1. The number of hydrogen-bond acceptors (Lipinski definition) is 4. The van der Waals surface area contributed by atoms with E-state index in [9.17, 15) is 4.79 Å². The van der Waals surface area contributed by atoms with E-state index in [-0.39, 0.29) is 5.97 Å². The predicted octanol–water partition coefficient (Wildman–Crippen LogP) is 3.23. The summed E-state index contributed by atoms with van der Waals surface area (Å²) >= 11 is 0. The summed E-state index contributed by atoms with van der Waals surface area (Å²) in [6.07, 6.45) is 1.70. The van der Waals surface area contributed by atoms with E-state index < -0.39 is 0 Å². The summed E-state index contributed by atoms with van der Waals surface area (Å²) < 4.78 is 4.64. The van der Waals surface area contributed by atoms with Gasteiger partial charge in [-0.25, -0.2) is 4.79 Å². The molecule has 102 valence electrons. The van der Waals surface area contributed by atoms with E-state index in [4.69, 9.17) is 0 Å². The topological polar surface area (TPSA) is 50.7 Å². The first kappa shape index (κ1) is 13.8. The average Bonchev–Trinajstić information content (AvgIpc) is 2.49. The molecule has 0 spiro atoms. The van der Waals surface area contributed by atoms with Gasteiger partial charge in [-0.15, -0.1) is 0 Å². The Kier molecular flexibility index (Phi) is 4.50. The van der Waals surface area contributed by atoms with Crippen molar-refractivity contribution in [3.05, 3.63) is 65.2 Å². The number of benzene rings is 2. The molecule has 0 radical (unpaired) electrons. The van der Waals surface area contributed by atoms with Crippen molar-refractivity contribution in [2.24, 2.45) is 5.10 Å². The molecule has 0 aliphatic heterocycles. The third kappa shape index (κ3) is 3.68. The number of esters is 1. The number of nitrogens with zero attached hydrogens (tertiary/aromatic N) is 1. The standard InChI is InChI=1S/C16H16N2O2/c1-12-3-9-15(10-4-12)18-17-11-13-5-7-14(8-6-13)16(19)20-2/h3-11,18H,1-2H3/b17-11+. The Balaban J connectivity index is 1.97. The number of aryl methyl sites for hydroxylation is 1. The van der Waals surface area contributed by atoms with Crippen LogP contribution in [0.1, 0.15) is 21.5 Å². The van der Waals surface area contributed by atoms with Gasteiger partial charge >= 0.3 is 5.97 Å². The summed E-state index contributed by atoms with van der Waals surface area (Å²) in [6.45, 7) is 2.04. The molecule has 0 bridgehead atoms. The zero-order chi connectivity index (χ0) is 14.4. The van der Waals surface area contributed by atoms with Crippen molar-refractivity contribution in [2.75, 3.05) is 12.5 Å². The van der Waals surface area contributed by atoms with Crippen molar-refractivity contribution < 1.29 is 9.53 Å². The smallest absolute Gasteiger partial charge is 0.337 e. The van der Waals surface area contributed by atoms with Gasteiger partial charge in [0.2, 0.25) is 0 Å². The maximum Gasteiger partial charge on any atom is 0.337 e. The Morgan fingerprint density at radius 2 is 1.75 bits per heavy atom. The lowest BCUT2D eigenvalue weighted by Crippen LogP contribution is -2.00. The van der Waals surface area contributed by atoms with E-state index >= 15 is 0 Å². The van der Waals surface area contributed by atoms with Gasteiger partial charge in [0.05, 0.1) is 24.6 Å². The van der Waals surface area contributed by atoms with Gasteiger partial charge in [0, 0.05) is 0 Å². The van der Waals surface area contributed by atoms with E-state index in [1.54, 1.807) is 18.3 Å². The van der Waals surface area contributed by atoms with E-state index in [1.807, 2.05) is 43.3 Å². The van der Waals surface area contributed by atoms with Crippen LogP contribution in [0.15, 0.2) is 53.6 Å². The monoisotopic (exact) mass is 268 g/mol. The number of carbonyl (C=O) groups excluding carboxylic acids is 1. The second-order valence-corrected chi connectivity index (χ2v) is 4.35. The molecule has 0 amide bonds. The van der Waals surface area contributed by atoms with Gasteiger partial charge in [0.15, 0.2) is 0 Å². The molecule has 0 aliphatic carbocycles. The van der Waals surface area contributed by atoms with Crippen LogP contribution in [0.4, 0.5) is 5.69 Å². The molecule has 0 heterocycles. The fourth-order valence-corrected chi connectivity index (χ4v) is 1.63. The van der Waals surface area contributed by atoms with E-state index in [1.165, 1.54) is 12.7 Å². The van der Waals surface area contributed by atoms with Crippen molar-refractivity contribution in [3.63, 3.8) is 0 Å². The number of carbonyl (C=O) groups is 1. The SMILES string of the molecule is COC(=O)c1ccc(/C=N/Nc2ccc(C)cc2)cc1. The van der Waals surface area contributed by atoms with Crippen LogP contribution in [-0.4, -0.2) is 19.3 Å². The van der Waals surface area contributed by atoms with Gasteiger partial charge in [-0.1, -0.05) is 29.8 Å². The van der Waals surface area contributed by atoms with Gasteiger partial charge in [-0.3, -0.25) is 5.43 Å². The zero-order valence-corrected chi connectivity index (χ0v) is 11.5. The minimum atomic E-state index is -0.341. The van der Waals surface area contributed by atoms with Crippen LogP contribution in [0.5, 0.6) is 0 Å². The first-order valence-electron chi connectivity index (χ1n) is 6.23. The Morgan fingerprint density at radius 3 is 2.35 bits per heavy atom. The summed E-state index contributed by atoms with van der Waals surface area (Å²) in [5, 5.41) is 4.15. The Bertz CT molecular complexity index is 601. The molecule has 2 aromatic carbocycles. The lowest BCUT2D eigenvalue weighted by atomic mass is 10.1. The van der Waals surface area contributed by atoms with Crippen LogP contribution < -0.4 is 5.43 Å². The third-order valence-corrected chi connectivity index (χ3v) is 2.79. The second kappa shape index (κ2) is 6.52. The Hall–Kier alpha value is -2.62. The van der Waals surface area contributed by atoms with Crippen LogP contribution in [-0.2, 0) is 4.74 Å². The predicted molar refractivity (Wildman–Crippen MR) is 80.2 cm³/mol. The Morgan fingerprint density at radius 1 is 1.10 bits per heavy atom. The quantitative estimate of drug-likeness (QED) is 0.526. The lowest BCUT2D eigenvalue weighted by molar-refractivity contribution is 0.0601. The van der Waals surface area contributed by atoms with Crippen molar-refractivity contribution in [1.29, 1.82) is 0 Å². The van der Waals surface area contributed by atoms with E-state index in [0.717, 1.165) is 11.3 Å². The van der Waals surface area contributed by atoms with Crippen LogP contribution in [0, 0.1) is 6.92 Å². The molecule has 0 aliphatic rings. The van der Waals surface area contributed by atoms with Crippen molar-refractivity contribution >= 4 is 17.9 Å². The summed E-state index contributed by atoms with van der Waals surface area (Å²) in [4.78, 5) is 11.3. The molecule has 0 saturated carbocycles. The summed E-state index contributed by atoms with van der Waals surface area (Å²) in [5.41, 5.74) is 6.51. The van der Waals surface area contributed by atoms with Crippen molar-refractivity contribution in [1.82, 2.24) is 0 Å². The lowest BCUT2D eigenvalue weighted by Gasteiger charge is -2.01. The highest BCUT2D eigenvalue weighted by molar-refractivity contribution is 5.90. The van der Waals surface area contributed by atoms with Gasteiger partial charge in [-0.2, -0.15) is 5.10 Å².